The summed E-state index contributed by atoms with van der Waals surface area (Å²) in [5.41, 5.74) is 0.954. The van der Waals surface area contributed by atoms with Crippen molar-refractivity contribution in [1.82, 2.24) is 4.90 Å². The van der Waals surface area contributed by atoms with Crippen LogP contribution in [0.5, 0.6) is 0 Å². The van der Waals surface area contributed by atoms with Gasteiger partial charge < -0.3 is 4.90 Å². The van der Waals surface area contributed by atoms with Crippen LogP contribution in [0, 0.1) is 0 Å². The van der Waals surface area contributed by atoms with Gasteiger partial charge in [-0.15, -0.1) is 13.2 Å². The molecule has 0 spiro atoms. The van der Waals surface area contributed by atoms with E-state index in [0.717, 1.165) is 18.8 Å². The second kappa shape index (κ2) is 6.60. The Morgan fingerprint density at radius 2 is 1.67 bits per heavy atom. The van der Waals surface area contributed by atoms with E-state index < -0.39 is 0 Å². The van der Waals surface area contributed by atoms with Crippen LogP contribution in [0.25, 0.3) is 0 Å². The Labute approximate surface area is 91.3 Å². The molecule has 0 saturated carbocycles. The molecule has 1 aromatic rings. The maximum absolute atomic E-state index is 4.35. The van der Waals surface area contributed by atoms with Gasteiger partial charge in [-0.05, 0) is 12.1 Å². The van der Waals surface area contributed by atoms with Crippen molar-refractivity contribution < 1.29 is 0 Å². The molecule has 0 atom stereocenters. The van der Waals surface area contributed by atoms with Gasteiger partial charge in [0.15, 0.2) is 0 Å². The molecule has 2 nitrogen and oxygen atoms in total. The zero-order valence-electron chi connectivity index (χ0n) is 8.84. The molecule has 0 bridgehead atoms. The van der Waals surface area contributed by atoms with Gasteiger partial charge in [-0.2, -0.15) is 0 Å². The predicted molar refractivity (Wildman–Crippen MR) is 66.6 cm³/mol. The van der Waals surface area contributed by atoms with Crippen LogP contribution in [0.2, 0.25) is 0 Å². The average molecular weight is 200 g/mol. The van der Waals surface area contributed by atoms with E-state index in [1.807, 2.05) is 53.7 Å². The Bertz CT molecular complexity index is 318. The van der Waals surface area contributed by atoms with Gasteiger partial charge in [-0.3, -0.25) is 0 Å². The van der Waals surface area contributed by atoms with E-state index in [0.29, 0.717) is 0 Å². The van der Waals surface area contributed by atoms with Gasteiger partial charge in [0.1, 0.15) is 0 Å². The van der Waals surface area contributed by atoms with Gasteiger partial charge >= 0.3 is 0 Å². The number of aliphatic imine (C=N–C) groups is 1. The Balaban J connectivity index is 2.60. The van der Waals surface area contributed by atoms with Crippen LogP contribution >= 0.6 is 0 Å². The van der Waals surface area contributed by atoms with Crippen molar-refractivity contribution in [3.8, 4) is 0 Å². The van der Waals surface area contributed by atoms with Crippen LogP contribution in [-0.2, 0) is 0 Å². The average Bonchev–Trinajstić information content (AvgIpc) is 2.28. The largest absolute Gasteiger partial charge is 0.355 e. The second-order valence-electron chi connectivity index (χ2n) is 3.11. The molecule has 0 amide bonds. The van der Waals surface area contributed by atoms with Gasteiger partial charge in [-0.25, -0.2) is 4.99 Å². The first kappa shape index (κ1) is 11.2. The lowest BCUT2D eigenvalue weighted by molar-refractivity contribution is 0.529. The highest BCUT2D eigenvalue weighted by Crippen LogP contribution is 2.08. The summed E-state index contributed by atoms with van der Waals surface area (Å²) in [4.78, 5) is 6.38. The summed E-state index contributed by atoms with van der Waals surface area (Å²) in [6.45, 7) is 8.96. The molecule has 0 aliphatic rings. The van der Waals surface area contributed by atoms with E-state index in [-0.39, 0.29) is 0 Å². The summed E-state index contributed by atoms with van der Waals surface area (Å²) < 4.78 is 0. The number of rotatable bonds is 6. The highest BCUT2D eigenvalue weighted by molar-refractivity contribution is 5.61. The first-order chi connectivity index (χ1) is 7.36. The number of nitrogens with zero attached hydrogens (tertiary/aromatic N) is 2. The van der Waals surface area contributed by atoms with Crippen LogP contribution in [0.4, 0.5) is 5.69 Å². The number of benzene rings is 1. The van der Waals surface area contributed by atoms with E-state index in [2.05, 4.69) is 18.2 Å². The first-order valence-electron chi connectivity index (χ1n) is 4.92. The van der Waals surface area contributed by atoms with Gasteiger partial charge in [0.25, 0.3) is 0 Å². The summed E-state index contributed by atoms with van der Waals surface area (Å²) in [5, 5.41) is 0. The fraction of sp³-hybridized carbons (Fsp3) is 0.154. The van der Waals surface area contributed by atoms with Crippen molar-refractivity contribution in [3.63, 3.8) is 0 Å². The van der Waals surface area contributed by atoms with Crippen LogP contribution in [0.1, 0.15) is 0 Å². The Kier molecular flexibility index (Phi) is 4.95. The van der Waals surface area contributed by atoms with Crippen molar-refractivity contribution in [3.05, 3.63) is 55.6 Å². The fourth-order valence-corrected chi connectivity index (χ4v) is 1.16. The smallest absolute Gasteiger partial charge is 0.0917 e. The van der Waals surface area contributed by atoms with Gasteiger partial charge in [-0.1, -0.05) is 30.4 Å². The standard InChI is InChI=1S/C13H16N2/c1-3-10-15(11-4-2)12-14-13-8-6-5-7-9-13/h3-9,12H,1-2,10-11H2. The number of hydrogen-bond acceptors (Lipinski definition) is 1. The third-order valence-corrected chi connectivity index (χ3v) is 1.85. The van der Waals surface area contributed by atoms with Crippen molar-refractivity contribution >= 4 is 12.0 Å². The quantitative estimate of drug-likeness (QED) is 0.391. The lowest BCUT2D eigenvalue weighted by Gasteiger charge is -2.14. The van der Waals surface area contributed by atoms with Crippen LogP contribution in [0.3, 0.4) is 0 Å². The van der Waals surface area contributed by atoms with Crippen molar-refractivity contribution in [2.45, 2.75) is 0 Å². The van der Waals surface area contributed by atoms with Gasteiger partial charge in [0.2, 0.25) is 0 Å². The van der Waals surface area contributed by atoms with Gasteiger partial charge in [0, 0.05) is 13.1 Å². The molecule has 2 heteroatoms. The van der Waals surface area contributed by atoms with E-state index in [4.69, 9.17) is 0 Å². The minimum Gasteiger partial charge on any atom is -0.355 e. The molecule has 1 aromatic carbocycles. The molecule has 78 valence electrons. The maximum Gasteiger partial charge on any atom is 0.0917 e. The molecule has 0 unspecified atom stereocenters. The molecule has 1 rings (SSSR count). The Morgan fingerprint density at radius 1 is 1.07 bits per heavy atom. The van der Waals surface area contributed by atoms with Crippen molar-refractivity contribution in [2.75, 3.05) is 13.1 Å². The lowest BCUT2D eigenvalue weighted by atomic mass is 10.3. The minimum absolute atomic E-state index is 0.780. The van der Waals surface area contributed by atoms with Crippen molar-refractivity contribution in [1.29, 1.82) is 0 Å². The normalized spacial score (nSPS) is 10.1. The highest BCUT2D eigenvalue weighted by Gasteiger charge is 1.92. The zero-order valence-corrected chi connectivity index (χ0v) is 8.84. The topological polar surface area (TPSA) is 15.6 Å². The first-order valence-corrected chi connectivity index (χ1v) is 4.92. The molecule has 15 heavy (non-hydrogen) atoms. The monoisotopic (exact) mass is 200 g/mol. The summed E-state index contributed by atoms with van der Waals surface area (Å²) >= 11 is 0. The molecule has 0 aliphatic carbocycles. The molecule has 0 aliphatic heterocycles. The summed E-state index contributed by atoms with van der Waals surface area (Å²) in [7, 11) is 0. The summed E-state index contributed by atoms with van der Waals surface area (Å²) in [5.74, 6) is 0. The SMILES string of the molecule is C=CCN(C=Nc1ccccc1)CC=C. The Hall–Kier alpha value is -1.83. The summed E-state index contributed by atoms with van der Waals surface area (Å²) in [6, 6.07) is 9.85. The molecule has 0 N–H and O–H groups in total. The molecule has 0 aromatic heterocycles. The molecule has 0 saturated heterocycles. The molecule has 0 fully saturated rings. The van der Waals surface area contributed by atoms with Gasteiger partial charge in [0.05, 0.1) is 12.0 Å². The lowest BCUT2D eigenvalue weighted by Crippen LogP contribution is -2.21. The van der Waals surface area contributed by atoms with Crippen LogP contribution in [0.15, 0.2) is 60.6 Å². The van der Waals surface area contributed by atoms with E-state index >= 15 is 0 Å². The molecular weight excluding hydrogens is 184 g/mol. The van der Waals surface area contributed by atoms with E-state index in [9.17, 15) is 0 Å². The number of hydrogen-bond donors (Lipinski definition) is 0. The van der Waals surface area contributed by atoms with Crippen LogP contribution < -0.4 is 0 Å². The predicted octanol–water partition coefficient (Wildman–Crippen LogP) is 3.02. The van der Waals surface area contributed by atoms with E-state index in [1.54, 1.807) is 0 Å². The molecule has 0 radical (unpaired) electrons. The summed E-state index contributed by atoms with van der Waals surface area (Å²) in [6.07, 6.45) is 5.51. The number of para-hydroxylation sites is 1. The second-order valence-corrected chi connectivity index (χ2v) is 3.11. The van der Waals surface area contributed by atoms with E-state index in [1.165, 1.54) is 0 Å². The third-order valence-electron chi connectivity index (χ3n) is 1.85. The molecule has 0 heterocycles. The third kappa shape index (κ3) is 4.27. The maximum atomic E-state index is 4.35. The molecular formula is C13H16N2. The van der Waals surface area contributed by atoms with Crippen molar-refractivity contribution in [2.24, 2.45) is 4.99 Å². The Morgan fingerprint density at radius 3 is 2.20 bits per heavy atom. The highest BCUT2D eigenvalue weighted by atomic mass is 15.1. The fourth-order valence-electron chi connectivity index (χ4n) is 1.16. The zero-order chi connectivity index (χ0) is 10.9. The van der Waals surface area contributed by atoms with Crippen LogP contribution in [-0.4, -0.2) is 24.3 Å². The minimum atomic E-state index is 0.780.